The van der Waals surface area contributed by atoms with Crippen molar-refractivity contribution in [3.63, 3.8) is 0 Å². The van der Waals surface area contributed by atoms with Crippen LogP contribution in [-0.2, 0) is 7.05 Å². The van der Waals surface area contributed by atoms with Gasteiger partial charge in [0.2, 0.25) is 0 Å². The molecule has 0 bridgehead atoms. The molecule has 0 unspecified atom stereocenters. The first-order chi connectivity index (χ1) is 9.27. The lowest BCUT2D eigenvalue weighted by Gasteiger charge is -2.07. The fourth-order valence-corrected chi connectivity index (χ4v) is 2.86. The normalized spacial score (nSPS) is 10.7. The van der Waals surface area contributed by atoms with Crippen LogP contribution >= 0.6 is 23.4 Å². The monoisotopic (exact) mass is 297 g/mol. The molecule has 0 N–H and O–H groups in total. The van der Waals surface area contributed by atoms with E-state index in [1.165, 1.54) is 0 Å². The van der Waals surface area contributed by atoms with Crippen LogP contribution in [0.4, 0.5) is 0 Å². The predicted molar refractivity (Wildman–Crippen MR) is 79.1 cm³/mol. The van der Waals surface area contributed by atoms with Crippen molar-refractivity contribution in [1.82, 2.24) is 14.8 Å². The number of halogens is 1. The lowest BCUT2D eigenvalue weighted by Crippen LogP contribution is -1.97. The molecule has 19 heavy (non-hydrogen) atoms. The maximum absolute atomic E-state index is 5.68. The lowest BCUT2D eigenvalue weighted by molar-refractivity contribution is 0.416. The van der Waals surface area contributed by atoms with Crippen LogP contribution in [0.2, 0.25) is 0 Å². The Labute approximate surface area is 122 Å². The van der Waals surface area contributed by atoms with E-state index in [2.05, 4.69) is 10.2 Å². The summed E-state index contributed by atoms with van der Waals surface area (Å²) in [5, 5.41) is 9.36. The smallest absolute Gasteiger partial charge is 0.191 e. The molecular formula is C13H16ClN3OS. The van der Waals surface area contributed by atoms with Crippen molar-refractivity contribution in [3.05, 3.63) is 24.3 Å². The summed E-state index contributed by atoms with van der Waals surface area (Å²) >= 11 is 7.34. The maximum atomic E-state index is 5.68. The van der Waals surface area contributed by atoms with E-state index in [-0.39, 0.29) is 0 Å². The molecule has 0 aliphatic carbocycles. The van der Waals surface area contributed by atoms with Crippen LogP contribution in [0.25, 0.3) is 11.4 Å². The zero-order chi connectivity index (χ0) is 13.7. The van der Waals surface area contributed by atoms with Gasteiger partial charge >= 0.3 is 0 Å². The first-order valence-corrected chi connectivity index (χ1v) is 7.51. The van der Waals surface area contributed by atoms with Crippen LogP contribution in [0, 0.1) is 0 Å². The summed E-state index contributed by atoms with van der Waals surface area (Å²) in [6, 6.07) is 7.81. The van der Waals surface area contributed by atoms with Gasteiger partial charge in [-0.05, 0) is 18.6 Å². The summed E-state index contributed by atoms with van der Waals surface area (Å²) < 4.78 is 7.34. The summed E-state index contributed by atoms with van der Waals surface area (Å²) in [5.74, 6) is 3.23. The fraction of sp³-hybridized carbons (Fsp3) is 0.385. The third kappa shape index (κ3) is 3.22. The molecule has 6 heteroatoms. The van der Waals surface area contributed by atoms with Crippen LogP contribution in [0.3, 0.4) is 0 Å². The van der Waals surface area contributed by atoms with Gasteiger partial charge in [0.15, 0.2) is 11.0 Å². The van der Waals surface area contributed by atoms with Crippen LogP contribution in [0.15, 0.2) is 29.4 Å². The van der Waals surface area contributed by atoms with Crippen LogP contribution in [0.5, 0.6) is 5.75 Å². The second-order valence-electron chi connectivity index (χ2n) is 3.96. The third-order valence-electron chi connectivity index (χ3n) is 2.69. The Hall–Kier alpha value is -1.20. The molecule has 0 saturated heterocycles. The Bertz CT molecular complexity index is 544. The average molecular weight is 298 g/mol. The van der Waals surface area contributed by atoms with E-state index in [0.29, 0.717) is 5.88 Å². The molecular weight excluding hydrogens is 282 g/mol. The summed E-state index contributed by atoms with van der Waals surface area (Å²) in [7, 11) is 3.62. The Morgan fingerprint density at radius 2 is 2.11 bits per heavy atom. The van der Waals surface area contributed by atoms with Gasteiger partial charge in [-0.15, -0.1) is 21.8 Å². The highest BCUT2D eigenvalue weighted by Gasteiger charge is 2.14. The van der Waals surface area contributed by atoms with E-state index in [0.717, 1.165) is 34.5 Å². The lowest BCUT2D eigenvalue weighted by atomic mass is 10.2. The van der Waals surface area contributed by atoms with Crippen molar-refractivity contribution in [1.29, 1.82) is 0 Å². The number of alkyl halides is 1. The SMILES string of the molecule is COc1ccccc1-c1nnc(SCCCCl)n1C. The van der Waals surface area contributed by atoms with Crippen LogP contribution in [-0.4, -0.2) is 33.5 Å². The molecule has 1 aromatic heterocycles. The summed E-state index contributed by atoms with van der Waals surface area (Å²) in [6.07, 6.45) is 0.961. The van der Waals surface area contributed by atoms with Gasteiger partial charge in [-0.25, -0.2) is 0 Å². The Morgan fingerprint density at radius 3 is 2.84 bits per heavy atom. The standard InChI is InChI=1S/C13H16ClN3OS/c1-17-12(10-6-3-4-7-11(10)18-2)15-16-13(17)19-9-5-8-14/h3-4,6-7H,5,8-9H2,1-2H3. The van der Waals surface area contributed by atoms with Gasteiger partial charge in [-0.3, -0.25) is 0 Å². The molecule has 2 rings (SSSR count). The maximum Gasteiger partial charge on any atom is 0.191 e. The highest BCUT2D eigenvalue weighted by Crippen LogP contribution is 2.29. The van der Waals surface area contributed by atoms with Gasteiger partial charge < -0.3 is 9.30 Å². The molecule has 4 nitrogen and oxygen atoms in total. The molecule has 0 fully saturated rings. The number of aromatic nitrogens is 3. The van der Waals surface area contributed by atoms with Gasteiger partial charge in [0.25, 0.3) is 0 Å². The van der Waals surface area contributed by atoms with Crippen LogP contribution < -0.4 is 4.74 Å². The summed E-state index contributed by atoms with van der Waals surface area (Å²) in [4.78, 5) is 0. The van der Waals surface area contributed by atoms with Gasteiger partial charge in [0, 0.05) is 18.7 Å². The number of methoxy groups -OCH3 is 1. The van der Waals surface area contributed by atoms with Crippen LogP contribution in [0.1, 0.15) is 6.42 Å². The van der Waals surface area contributed by atoms with Crippen molar-refractivity contribution >= 4 is 23.4 Å². The van der Waals surface area contributed by atoms with E-state index in [1.54, 1.807) is 18.9 Å². The first kappa shape index (κ1) is 14.2. The van der Waals surface area contributed by atoms with Gasteiger partial charge in [0.1, 0.15) is 5.75 Å². The van der Waals surface area contributed by atoms with Gasteiger partial charge in [0.05, 0.1) is 12.7 Å². The minimum absolute atomic E-state index is 0.671. The van der Waals surface area contributed by atoms with E-state index < -0.39 is 0 Å². The number of para-hydroxylation sites is 1. The Balaban J connectivity index is 2.26. The quantitative estimate of drug-likeness (QED) is 0.466. The number of hydrogen-bond acceptors (Lipinski definition) is 4. The van der Waals surface area contributed by atoms with Crippen molar-refractivity contribution in [2.75, 3.05) is 18.7 Å². The molecule has 0 aliphatic heterocycles. The second kappa shape index (κ2) is 6.82. The van der Waals surface area contributed by atoms with Gasteiger partial charge in [-0.1, -0.05) is 23.9 Å². The third-order valence-corrected chi connectivity index (χ3v) is 4.07. The fourth-order valence-electron chi connectivity index (χ4n) is 1.72. The minimum atomic E-state index is 0.671. The Kier molecular flexibility index (Phi) is 5.10. The van der Waals surface area contributed by atoms with Crippen molar-refractivity contribution in [2.24, 2.45) is 7.05 Å². The number of rotatable bonds is 6. The Morgan fingerprint density at radius 1 is 1.32 bits per heavy atom. The van der Waals surface area contributed by atoms with E-state index in [9.17, 15) is 0 Å². The molecule has 0 aliphatic rings. The minimum Gasteiger partial charge on any atom is -0.496 e. The summed E-state index contributed by atoms with van der Waals surface area (Å²) in [6.45, 7) is 0. The highest BCUT2D eigenvalue weighted by atomic mass is 35.5. The molecule has 102 valence electrons. The number of ether oxygens (including phenoxy) is 1. The molecule has 1 aromatic carbocycles. The number of benzene rings is 1. The van der Waals surface area contributed by atoms with Crippen molar-refractivity contribution in [3.8, 4) is 17.1 Å². The number of hydrogen-bond donors (Lipinski definition) is 0. The molecule has 0 amide bonds. The molecule has 0 radical (unpaired) electrons. The molecule has 1 heterocycles. The van der Waals surface area contributed by atoms with E-state index in [1.807, 2.05) is 35.9 Å². The molecule has 0 atom stereocenters. The largest absolute Gasteiger partial charge is 0.496 e. The first-order valence-electron chi connectivity index (χ1n) is 5.99. The highest BCUT2D eigenvalue weighted by molar-refractivity contribution is 7.99. The zero-order valence-electron chi connectivity index (χ0n) is 11.0. The van der Waals surface area contributed by atoms with Crippen molar-refractivity contribution < 1.29 is 4.74 Å². The zero-order valence-corrected chi connectivity index (χ0v) is 12.5. The second-order valence-corrected chi connectivity index (χ2v) is 5.40. The topological polar surface area (TPSA) is 39.9 Å². The van der Waals surface area contributed by atoms with Gasteiger partial charge in [-0.2, -0.15) is 0 Å². The molecule has 0 saturated carbocycles. The molecule has 0 spiro atoms. The van der Waals surface area contributed by atoms with E-state index >= 15 is 0 Å². The molecule has 2 aromatic rings. The van der Waals surface area contributed by atoms with E-state index in [4.69, 9.17) is 16.3 Å². The number of nitrogens with zero attached hydrogens (tertiary/aromatic N) is 3. The predicted octanol–water partition coefficient (Wildman–Crippen LogP) is 3.21. The van der Waals surface area contributed by atoms with Crippen molar-refractivity contribution in [2.45, 2.75) is 11.6 Å². The number of thioether (sulfide) groups is 1. The summed E-state index contributed by atoms with van der Waals surface area (Å²) in [5.41, 5.74) is 0.948. The average Bonchev–Trinajstić information content (AvgIpc) is 2.80.